The van der Waals surface area contributed by atoms with Gasteiger partial charge in [-0.15, -0.1) is 0 Å². The Morgan fingerprint density at radius 3 is 2.47 bits per heavy atom. The quantitative estimate of drug-likeness (QED) is 0.644. The Hall–Kier alpha value is -1.98. The monoisotopic (exact) mass is 238 g/mol. The molecular formula is C11H14N2O4. The van der Waals surface area contributed by atoms with Crippen molar-refractivity contribution in [2.45, 2.75) is 27.2 Å². The van der Waals surface area contributed by atoms with E-state index in [9.17, 15) is 14.9 Å². The second-order valence-electron chi connectivity index (χ2n) is 5.00. The smallest absolute Gasteiger partial charge is 0.354 e. The molecule has 17 heavy (non-hydrogen) atoms. The fourth-order valence-corrected chi connectivity index (χ4v) is 1.42. The number of nitro groups is 1. The number of carboxylic acids is 1. The molecule has 0 radical (unpaired) electrons. The summed E-state index contributed by atoms with van der Waals surface area (Å²) in [5.41, 5.74) is -0.225. The molecule has 6 nitrogen and oxygen atoms in total. The van der Waals surface area contributed by atoms with Crippen LogP contribution in [0.2, 0.25) is 0 Å². The second kappa shape index (κ2) is 4.48. The molecule has 1 aromatic rings. The largest absolute Gasteiger partial charge is 0.477 e. The minimum absolute atomic E-state index is 0.113. The molecule has 0 aromatic carbocycles. The summed E-state index contributed by atoms with van der Waals surface area (Å²) in [6, 6.07) is 2.28. The topological polar surface area (TPSA) is 93.3 Å². The molecule has 1 heterocycles. The molecule has 6 heteroatoms. The molecule has 1 N–H and O–H groups in total. The van der Waals surface area contributed by atoms with Crippen molar-refractivity contribution in [3.63, 3.8) is 0 Å². The first-order valence-electron chi connectivity index (χ1n) is 5.08. The van der Waals surface area contributed by atoms with Crippen LogP contribution in [0.3, 0.4) is 0 Å². The van der Waals surface area contributed by atoms with Crippen molar-refractivity contribution >= 4 is 11.7 Å². The molecule has 0 aliphatic carbocycles. The van der Waals surface area contributed by atoms with Crippen LogP contribution in [-0.2, 0) is 6.42 Å². The summed E-state index contributed by atoms with van der Waals surface area (Å²) < 4.78 is 0. The van der Waals surface area contributed by atoms with E-state index < -0.39 is 10.9 Å². The van der Waals surface area contributed by atoms with Gasteiger partial charge >= 0.3 is 5.97 Å². The van der Waals surface area contributed by atoms with E-state index in [1.807, 2.05) is 20.8 Å². The Morgan fingerprint density at radius 1 is 1.47 bits per heavy atom. The zero-order chi connectivity index (χ0) is 13.2. The van der Waals surface area contributed by atoms with Gasteiger partial charge in [0.2, 0.25) is 0 Å². The molecule has 0 aliphatic rings. The minimum atomic E-state index is -1.26. The third kappa shape index (κ3) is 3.82. The summed E-state index contributed by atoms with van der Waals surface area (Å²) >= 11 is 0. The van der Waals surface area contributed by atoms with Crippen molar-refractivity contribution in [3.05, 3.63) is 33.6 Å². The molecule has 92 valence electrons. The van der Waals surface area contributed by atoms with Gasteiger partial charge in [0.1, 0.15) is 0 Å². The Balaban J connectivity index is 3.22. The molecule has 0 spiro atoms. The lowest BCUT2D eigenvalue weighted by Crippen LogP contribution is -2.13. The molecule has 0 bridgehead atoms. The van der Waals surface area contributed by atoms with Crippen LogP contribution in [-0.4, -0.2) is 21.0 Å². The maximum atomic E-state index is 10.8. The summed E-state index contributed by atoms with van der Waals surface area (Å²) in [5, 5.41) is 19.5. The van der Waals surface area contributed by atoms with Crippen LogP contribution in [0, 0.1) is 15.5 Å². The fourth-order valence-electron chi connectivity index (χ4n) is 1.42. The minimum Gasteiger partial charge on any atom is -0.477 e. The number of hydrogen-bond acceptors (Lipinski definition) is 4. The third-order valence-corrected chi connectivity index (χ3v) is 2.00. The van der Waals surface area contributed by atoms with Gasteiger partial charge in [-0.2, -0.15) is 0 Å². The van der Waals surface area contributed by atoms with Gasteiger partial charge in [0.15, 0.2) is 5.69 Å². The molecule has 1 rings (SSSR count). The standard InChI is InChI=1S/C11H14N2O4/c1-11(2,3)6-7-4-8(13(16)17)5-9(12-7)10(14)15/h4-5H,6H2,1-3H3,(H,14,15). The lowest BCUT2D eigenvalue weighted by Gasteiger charge is -2.17. The SMILES string of the molecule is CC(C)(C)Cc1cc([N+](=O)[O-])cc(C(=O)O)n1. The number of rotatable bonds is 3. The Kier molecular flexibility index (Phi) is 3.45. The van der Waals surface area contributed by atoms with E-state index in [0.717, 1.165) is 6.07 Å². The van der Waals surface area contributed by atoms with Gasteiger partial charge in [-0.25, -0.2) is 9.78 Å². The predicted octanol–water partition coefficient (Wildman–Crippen LogP) is 2.28. The summed E-state index contributed by atoms with van der Waals surface area (Å²) in [4.78, 5) is 24.8. The molecule has 0 aliphatic heterocycles. The summed E-state index contributed by atoms with van der Waals surface area (Å²) in [6.07, 6.45) is 0.481. The Morgan fingerprint density at radius 2 is 2.06 bits per heavy atom. The third-order valence-electron chi connectivity index (χ3n) is 2.00. The molecule has 0 fully saturated rings. The predicted molar refractivity (Wildman–Crippen MR) is 61.0 cm³/mol. The van der Waals surface area contributed by atoms with E-state index in [-0.39, 0.29) is 16.8 Å². The zero-order valence-electron chi connectivity index (χ0n) is 9.93. The van der Waals surface area contributed by atoms with Crippen molar-refractivity contribution < 1.29 is 14.8 Å². The fraction of sp³-hybridized carbons (Fsp3) is 0.455. The Bertz CT molecular complexity index is 431. The summed E-state index contributed by atoms with van der Waals surface area (Å²) in [5.74, 6) is -1.26. The second-order valence-corrected chi connectivity index (χ2v) is 5.00. The molecule has 0 atom stereocenters. The average Bonchev–Trinajstić information content (AvgIpc) is 2.14. The highest BCUT2D eigenvalue weighted by Crippen LogP contribution is 2.22. The van der Waals surface area contributed by atoms with Crippen LogP contribution >= 0.6 is 0 Å². The van der Waals surface area contributed by atoms with Gasteiger partial charge in [0.25, 0.3) is 5.69 Å². The van der Waals surface area contributed by atoms with Crippen LogP contribution in [0.25, 0.3) is 0 Å². The van der Waals surface area contributed by atoms with Crippen LogP contribution in [0.4, 0.5) is 5.69 Å². The Labute approximate surface area is 98.4 Å². The van der Waals surface area contributed by atoms with E-state index >= 15 is 0 Å². The van der Waals surface area contributed by atoms with Gasteiger partial charge < -0.3 is 5.11 Å². The lowest BCUT2D eigenvalue weighted by atomic mass is 9.90. The van der Waals surface area contributed by atoms with E-state index in [1.54, 1.807) is 0 Å². The average molecular weight is 238 g/mol. The van der Waals surface area contributed by atoms with Crippen molar-refractivity contribution in [1.82, 2.24) is 4.98 Å². The summed E-state index contributed by atoms with van der Waals surface area (Å²) in [6.45, 7) is 5.86. The number of aromatic carboxylic acids is 1. The van der Waals surface area contributed by atoms with Crippen LogP contribution in [0.5, 0.6) is 0 Å². The first-order chi connectivity index (χ1) is 7.69. The molecule has 0 unspecified atom stereocenters. The van der Waals surface area contributed by atoms with Crippen LogP contribution in [0.15, 0.2) is 12.1 Å². The maximum Gasteiger partial charge on any atom is 0.354 e. The van der Waals surface area contributed by atoms with Gasteiger partial charge in [-0.05, 0) is 11.8 Å². The highest BCUT2D eigenvalue weighted by atomic mass is 16.6. The number of carbonyl (C=O) groups is 1. The number of nitrogens with zero attached hydrogens (tertiary/aromatic N) is 2. The van der Waals surface area contributed by atoms with Crippen molar-refractivity contribution in [3.8, 4) is 0 Å². The molecular weight excluding hydrogens is 224 g/mol. The first kappa shape index (κ1) is 13.1. The molecule has 0 saturated carbocycles. The van der Waals surface area contributed by atoms with Gasteiger partial charge in [-0.1, -0.05) is 20.8 Å². The van der Waals surface area contributed by atoms with Crippen molar-refractivity contribution in [2.75, 3.05) is 0 Å². The van der Waals surface area contributed by atoms with E-state index in [1.165, 1.54) is 6.07 Å². The van der Waals surface area contributed by atoms with Crippen molar-refractivity contribution in [1.29, 1.82) is 0 Å². The number of aromatic nitrogens is 1. The maximum absolute atomic E-state index is 10.8. The number of pyridine rings is 1. The normalized spacial score (nSPS) is 11.2. The van der Waals surface area contributed by atoms with E-state index in [0.29, 0.717) is 12.1 Å². The van der Waals surface area contributed by atoms with Crippen LogP contribution in [0.1, 0.15) is 37.0 Å². The van der Waals surface area contributed by atoms with E-state index in [4.69, 9.17) is 5.11 Å². The molecule has 0 amide bonds. The van der Waals surface area contributed by atoms with Gasteiger partial charge in [0.05, 0.1) is 4.92 Å². The molecule has 1 aromatic heterocycles. The van der Waals surface area contributed by atoms with Gasteiger partial charge in [-0.3, -0.25) is 10.1 Å². The zero-order valence-corrected chi connectivity index (χ0v) is 9.93. The summed E-state index contributed by atoms with van der Waals surface area (Å²) in [7, 11) is 0. The first-order valence-corrected chi connectivity index (χ1v) is 5.08. The molecule has 0 saturated heterocycles. The van der Waals surface area contributed by atoms with Crippen molar-refractivity contribution in [2.24, 2.45) is 5.41 Å². The van der Waals surface area contributed by atoms with Gasteiger partial charge in [0, 0.05) is 17.8 Å². The number of carboxylic acid groups (broad SMARTS) is 1. The highest BCUT2D eigenvalue weighted by Gasteiger charge is 2.19. The highest BCUT2D eigenvalue weighted by molar-refractivity contribution is 5.86. The number of hydrogen-bond donors (Lipinski definition) is 1. The van der Waals surface area contributed by atoms with Crippen LogP contribution < -0.4 is 0 Å². The lowest BCUT2D eigenvalue weighted by molar-refractivity contribution is -0.385. The van der Waals surface area contributed by atoms with E-state index in [2.05, 4.69) is 4.98 Å².